The van der Waals surface area contributed by atoms with Crippen LogP contribution in [-0.4, -0.2) is 13.1 Å². The lowest BCUT2D eigenvalue weighted by Gasteiger charge is -2.17. The first-order valence-electron chi connectivity index (χ1n) is 7.68. The van der Waals surface area contributed by atoms with Crippen LogP contribution in [0.15, 0.2) is 28.7 Å². The van der Waals surface area contributed by atoms with Crippen LogP contribution in [0, 0.1) is 0 Å². The summed E-state index contributed by atoms with van der Waals surface area (Å²) in [4.78, 5) is 0. The Morgan fingerprint density at radius 3 is 2.42 bits per heavy atom. The Balaban J connectivity index is 2.24. The van der Waals surface area contributed by atoms with Gasteiger partial charge in [-0.15, -0.1) is 0 Å². The summed E-state index contributed by atoms with van der Waals surface area (Å²) in [6.07, 6.45) is 10.7. The third-order valence-electron chi connectivity index (χ3n) is 3.74. The van der Waals surface area contributed by atoms with E-state index in [1.54, 1.807) is 0 Å². The average Bonchev–Trinajstić information content (AvgIpc) is 2.43. The summed E-state index contributed by atoms with van der Waals surface area (Å²) in [6, 6.07) is 9.15. The fourth-order valence-electron chi connectivity index (χ4n) is 2.45. The Bertz CT molecular complexity index is 338. The second-order valence-corrected chi connectivity index (χ2v) is 6.19. The first-order chi connectivity index (χ1) is 9.27. The SMILES string of the molecule is CCCCCCCCC(Cc1ccccc1Br)NC. The van der Waals surface area contributed by atoms with Gasteiger partial charge < -0.3 is 5.32 Å². The first-order valence-corrected chi connectivity index (χ1v) is 8.48. The minimum Gasteiger partial charge on any atom is -0.317 e. The maximum atomic E-state index is 3.64. The third-order valence-corrected chi connectivity index (χ3v) is 4.51. The van der Waals surface area contributed by atoms with E-state index in [9.17, 15) is 0 Å². The molecule has 0 bridgehead atoms. The normalized spacial score (nSPS) is 12.6. The largest absolute Gasteiger partial charge is 0.317 e. The summed E-state index contributed by atoms with van der Waals surface area (Å²) in [5.74, 6) is 0. The molecule has 0 saturated heterocycles. The second-order valence-electron chi connectivity index (χ2n) is 5.34. The standard InChI is InChI=1S/C17H28BrN/c1-3-4-5-6-7-8-12-16(19-2)14-15-11-9-10-13-17(15)18/h9-11,13,16,19H,3-8,12,14H2,1-2H3. The minimum atomic E-state index is 0.602. The van der Waals surface area contributed by atoms with Crippen molar-refractivity contribution >= 4 is 15.9 Å². The van der Waals surface area contributed by atoms with Gasteiger partial charge in [-0.05, 0) is 31.5 Å². The van der Waals surface area contributed by atoms with E-state index in [0.29, 0.717) is 6.04 Å². The Morgan fingerprint density at radius 1 is 1.05 bits per heavy atom. The van der Waals surface area contributed by atoms with E-state index in [-0.39, 0.29) is 0 Å². The summed E-state index contributed by atoms with van der Waals surface area (Å²) in [7, 11) is 2.08. The number of hydrogen-bond acceptors (Lipinski definition) is 1. The van der Waals surface area contributed by atoms with E-state index in [1.807, 2.05) is 0 Å². The highest BCUT2D eigenvalue weighted by molar-refractivity contribution is 9.10. The Hall–Kier alpha value is -0.340. The smallest absolute Gasteiger partial charge is 0.0207 e. The van der Waals surface area contributed by atoms with E-state index in [1.165, 1.54) is 55.0 Å². The maximum Gasteiger partial charge on any atom is 0.0207 e. The van der Waals surface area contributed by atoms with Gasteiger partial charge in [0.25, 0.3) is 0 Å². The molecule has 0 aliphatic rings. The number of likely N-dealkylation sites (N-methyl/N-ethyl adjacent to an activating group) is 1. The van der Waals surface area contributed by atoms with Crippen LogP contribution in [0.1, 0.15) is 57.4 Å². The Kier molecular flexibility index (Phi) is 9.19. The van der Waals surface area contributed by atoms with Crippen LogP contribution in [0.4, 0.5) is 0 Å². The number of rotatable bonds is 10. The van der Waals surface area contributed by atoms with Crippen LogP contribution in [-0.2, 0) is 6.42 Å². The maximum absolute atomic E-state index is 3.64. The summed E-state index contributed by atoms with van der Waals surface area (Å²) in [6.45, 7) is 2.27. The Labute approximate surface area is 127 Å². The molecular formula is C17H28BrN. The van der Waals surface area contributed by atoms with Gasteiger partial charge in [-0.2, -0.15) is 0 Å². The molecule has 2 heteroatoms. The quantitative estimate of drug-likeness (QED) is 0.573. The highest BCUT2D eigenvalue weighted by atomic mass is 79.9. The summed E-state index contributed by atoms with van der Waals surface area (Å²) < 4.78 is 1.23. The molecule has 1 aromatic carbocycles. The molecule has 1 unspecified atom stereocenters. The molecule has 0 fully saturated rings. The predicted molar refractivity (Wildman–Crippen MR) is 88.7 cm³/mol. The fraction of sp³-hybridized carbons (Fsp3) is 0.647. The lowest BCUT2D eigenvalue weighted by molar-refractivity contribution is 0.479. The fourth-order valence-corrected chi connectivity index (χ4v) is 2.90. The van der Waals surface area contributed by atoms with Crippen LogP contribution in [0.3, 0.4) is 0 Å². The van der Waals surface area contributed by atoms with Crippen LogP contribution >= 0.6 is 15.9 Å². The van der Waals surface area contributed by atoms with Gasteiger partial charge in [0.1, 0.15) is 0 Å². The molecule has 1 N–H and O–H groups in total. The van der Waals surface area contributed by atoms with Crippen molar-refractivity contribution in [3.8, 4) is 0 Å². The zero-order valence-corrected chi connectivity index (χ0v) is 14.0. The van der Waals surface area contributed by atoms with Crippen molar-refractivity contribution in [3.63, 3.8) is 0 Å². The number of halogens is 1. The van der Waals surface area contributed by atoms with E-state index in [2.05, 4.69) is 59.5 Å². The van der Waals surface area contributed by atoms with Crippen molar-refractivity contribution in [3.05, 3.63) is 34.3 Å². The molecule has 1 rings (SSSR count). The lowest BCUT2D eigenvalue weighted by atomic mass is 10.00. The number of nitrogens with one attached hydrogen (secondary N) is 1. The van der Waals surface area contributed by atoms with Crippen molar-refractivity contribution in [2.75, 3.05) is 7.05 Å². The molecule has 108 valence electrons. The molecule has 0 aromatic heterocycles. The van der Waals surface area contributed by atoms with Crippen molar-refractivity contribution in [1.29, 1.82) is 0 Å². The molecule has 0 radical (unpaired) electrons. The van der Waals surface area contributed by atoms with Crippen LogP contribution in [0.25, 0.3) is 0 Å². The van der Waals surface area contributed by atoms with Gasteiger partial charge in [-0.1, -0.05) is 79.6 Å². The molecule has 0 saturated carbocycles. The predicted octanol–water partition coefficient (Wildman–Crippen LogP) is 5.33. The molecule has 0 amide bonds. The van der Waals surface area contributed by atoms with Gasteiger partial charge in [-0.3, -0.25) is 0 Å². The van der Waals surface area contributed by atoms with Gasteiger partial charge in [0.2, 0.25) is 0 Å². The average molecular weight is 326 g/mol. The number of unbranched alkanes of at least 4 members (excludes halogenated alkanes) is 5. The van der Waals surface area contributed by atoms with Gasteiger partial charge in [0.05, 0.1) is 0 Å². The van der Waals surface area contributed by atoms with E-state index < -0.39 is 0 Å². The lowest BCUT2D eigenvalue weighted by Crippen LogP contribution is -2.27. The topological polar surface area (TPSA) is 12.0 Å². The van der Waals surface area contributed by atoms with Crippen LogP contribution in [0.5, 0.6) is 0 Å². The third kappa shape index (κ3) is 7.12. The van der Waals surface area contributed by atoms with Crippen molar-refractivity contribution in [2.24, 2.45) is 0 Å². The van der Waals surface area contributed by atoms with Crippen molar-refractivity contribution in [1.82, 2.24) is 5.32 Å². The molecule has 0 heterocycles. The molecule has 1 aromatic rings. The Morgan fingerprint density at radius 2 is 1.74 bits per heavy atom. The van der Waals surface area contributed by atoms with Gasteiger partial charge in [0.15, 0.2) is 0 Å². The zero-order chi connectivity index (χ0) is 13.9. The highest BCUT2D eigenvalue weighted by Crippen LogP contribution is 2.19. The molecule has 1 atom stereocenters. The van der Waals surface area contributed by atoms with Crippen LogP contribution in [0.2, 0.25) is 0 Å². The summed E-state index contributed by atoms with van der Waals surface area (Å²) in [5.41, 5.74) is 1.41. The number of hydrogen-bond donors (Lipinski definition) is 1. The summed E-state index contributed by atoms with van der Waals surface area (Å²) in [5, 5.41) is 3.46. The van der Waals surface area contributed by atoms with Gasteiger partial charge in [-0.25, -0.2) is 0 Å². The zero-order valence-electron chi connectivity index (χ0n) is 12.4. The van der Waals surface area contributed by atoms with Crippen molar-refractivity contribution < 1.29 is 0 Å². The van der Waals surface area contributed by atoms with Gasteiger partial charge in [0, 0.05) is 10.5 Å². The van der Waals surface area contributed by atoms with E-state index in [4.69, 9.17) is 0 Å². The van der Waals surface area contributed by atoms with Crippen LogP contribution < -0.4 is 5.32 Å². The number of benzene rings is 1. The van der Waals surface area contributed by atoms with Gasteiger partial charge >= 0.3 is 0 Å². The monoisotopic (exact) mass is 325 g/mol. The molecule has 1 nitrogen and oxygen atoms in total. The summed E-state index contributed by atoms with van der Waals surface area (Å²) >= 11 is 3.64. The van der Waals surface area contributed by atoms with E-state index in [0.717, 1.165) is 6.42 Å². The molecule has 0 aliphatic heterocycles. The molecule has 0 aliphatic carbocycles. The molecule has 0 spiro atoms. The van der Waals surface area contributed by atoms with Crippen molar-refractivity contribution in [2.45, 2.75) is 64.3 Å². The highest BCUT2D eigenvalue weighted by Gasteiger charge is 2.08. The molecular weight excluding hydrogens is 298 g/mol. The second kappa shape index (κ2) is 10.4. The first kappa shape index (κ1) is 16.7. The molecule has 19 heavy (non-hydrogen) atoms. The minimum absolute atomic E-state index is 0.602. The van der Waals surface area contributed by atoms with E-state index >= 15 is 0 Å².